The quantitative estimate of drug-likeness (QED) is 0.620. The van der Waals surface area contributed by atoms with Gasteiger partial charge in [0.15, 0.2) is 0 Å². The van der Waals surface area contributed by atoms with Crippen LogP contribution >= 0.6 is 0 Å². The Morgan fingerprint density at radius 2 is 2.37 bits per heavy atom. The van der Waals surface area contributed by atoms with Crippen molar-refractivity contribution in [2.45, 2.75) is 13.3 Å². The maximum atomic E-state index is 11.4. The molecular formula is C13H18N4O2. The number of nitrogens with zero attached hydrogens (tertiary/aromatic N) is 2. The molecular weight excluding hydrogens is 244 g/mol. The molecule has 6 heteroatoms. The van der Waals surface area contributed by atoms with Gasteiger partial charge in [-0.2, -0.15) is 0 Å². The topological polar surface area (TPSA) is 76.1 Å². The van der Waals surface area contributed by atoms with Crippen LogP contribution in [0.1, 0.15) is 22.7 Å². The molecule has 0 atom stereocenters. The lowest BCUT2D eigenvalue weighted by Gasteiger charge is -2.15. The van der Waals surface area contributed by atoms with Crippen LogP contribution < -0.4 is 10.6 Å². The van der Waals surface area contributed by atoms with E-state index in [1.165, 1.54) is 12.7 Å². The number of anilines is 1. The Morgan fingerprint density at radius 1 is 1.53 bits per heavy atom. The number of rotatable bonds is 4. The van der Waals surface area contributed by atoms with Crippen molar-refractivity contribution in [3.8, 4) is 0 Å². The van der Waals surface area contributed by atoms with E-state index in [0.29, 0.717) is 5.82 Å². The third-order valence-corrected chi connectivity index (χ3v) is 2.88. The van der Waals surface area contributed by atoms with Gasteiger partial charge in [0, 0.05) is 24.8 Å². The maximum Gasteiger partial charge on any atom is 0.376 e. The lowest BCUT2D eigenvalue weighted by atomic mass is 10.1. The number of hydrogen-bond acceptors (Lipinski definition) is 6. The van der Waals surface area contributed by atoms with E-state index in [0.717, 1.165) is 31.7 Å². The SMILES string of the molecule is COC(=O)c1nc(C)cc(NCC2=CCNCC2)n1. The summed E-state index contributed by atoms with van der Waals surface area (Å²) >= 11 is 0. The fraction of sp³-hybridized carbons (Fsp3) is 0.462. The van der Waals surface area contributed by atoms with Gasteiger partial charge in [0.2, 0.25) is 5.82 Å². The van der Waals surface area contributed by atoms with Gasteiger partial charge in [-0.05, 0) is 19.9 Å². The minimum absolute atomic E-state index is 0.0873. The van der Waals surface area contributed by atoms with E-state index in [2.05, 4.69) is 31.4 Å². The van der Waals surface area contributed by atoms with Gasteiger partial charge in [0.1, 0.15) is 5.82 Å². The Balaban J connectivity index is 2.05. The third-order valence-electron chi connectivity index (χ3n) is 2.88. The first-order valence-electron chi connectivity index (χ1n) is 6.25. The molecule has 0 aliphatic carbocycles. The summed E-state index contributed by atoms with van der Waals surface area (Å²) in [6.45, 7) is 4.47. The Hall–Kier alpha value is -1.95. The van der Waals surface area contributed by atoms with Crippen molar-refractivity contribution in [3.63, 3.8) is 0 Å². The number of nitrogens with one attached hydrogen (secondary N) is 2. The van der Waals surface area contributed by atoms with E-state index in [-0.39, 0.29) is 5.82 Å². The fourth-order valence-corrected chi connectivity index (χ4v) is 1.88. The molecule has 0 bridgehead atoms. The van der Waals surface area contributed by atoms with Crippen LogP contribution in [0, 0.1) is 6.92 Å². The van der Waals surface area contributed by atoms with Crippen LogP contribution in [0.3, 0.4) is 0 Å². The van der Waals surface area contributed by atoms with Gasteiger partial charge in [0.05, 0.1) is 7.11 Å². The Bertz CT molecular complexity index is 499. The average Bonchev–Trinajstić information content (AvgIpc) is 2.45. The average molecular weight is 262 g/mol. The number of hydrogen-bond donors (Lipinski definition) is 2. The summed E-state index contributed by atoms with van der Waals surface area (Å²) in [4.78, 5) is 19.6. The Morgan fingerprint density at radius 3 is 3.05 bits per heavy atom. The highest BCUT2D eigenvalue weighted by Crippen LogP contribution is 2.10. The van der Waals surface area contributed by atoms with E-state index in [4.69, 9.17) is 0 Å². The zero-order valence-corrected chi connectivity index (χ0v) is 11.2. The lowest BCUT2D eigenvalue weighted by molar-refractivity contribution is 0.0586. The Kier molecular flexibility index (Phi) is 4.46. The molecule has 102 valence electrons. The highest BCUT2D eigenvalue weighted by atomic mass is 16.5. The smallest absolute Gasteiger partial charge is 0.376 e. The summed E-state index contributed by atoms with van der Waals surface area (Å²) in [6.07, 6.45) is 3.20. The van der Waals surface area contributed by atoms with Gasteiger partial charge < -0.3 is 15.4 Å². The van der Waals surface area contributed by atoms with E-state index >= 15 is 0 Å². The summed E-state index contributed by atoms with van der Waals surface area (Å²) < 4.78 is 4.63. The standard InChI is InChI=1S/C13H18N4O2/c1-9-7-11(17-12(16-9)13(18)19-2)15-8-10-3-5-14-6-4-10/h3,7,14H,4-6,8H2,1-2H3,(H,15,16,17). The first-order chi connectivity index (χ1) is 9.19. The van der Waals surface area contributed by atoms with Crippen LogP contribution in [0.4, 0.5) is 5.82 Å². The molecule has 0 fully saturated rings. The summed E-state index contributed by atoms with van der Waals surface area (Å²) in [5.41, 5.74) is 2.08. The minimum atomic E-state index is -0.521. The second-order valence-electron chi connectivity index (χ2n) is 4.38. The number of aromatic nitrogens is 2. The molecule has 1 aliphatic rings. The van der Waals surface area contributed by atoms with Crippen LogP contribution in [-0.2, 0) is 4.74 Å². The molecule has 2 heterocycles. The van der Waals surface area contributed by atoms with E-state index < -0.39 is 5.97 Å². The van der Waals surface area contributed by atoms with Crippen LogP contribution in [0.2, 0.25) is 0 Å². The molecule has 6 nitrogen and oxygen atoms in total. The highest BCUT2D eigenvalue weighted by molar-refractivity contribution is 5.85. The zero-order chi connectivity index (χ0) is 13.7. The summed E-state index contributed by atoms with van der Waals surface area (Å²) in [5, 5.41) is 6.48. The first kappa shape index (κ1) is 13.5. The van der Waals surface area contributed by atoms with Crippen LogP contribution in [-0.4, -0.2) is 42.7 Å². The number of ether oxygens (including phenoxy) is 1. The van der Waals surface area contributed by atoms with E-state index in [1.807, 2.05) is 13.0 Å². The second-order valence-corrected chi connectivity index (χ2v) is 4.38. The van der Waals surface area contributed by atoms with Crippen molar-refractivity contribution >= 4 is 11.8 Å². The normalized spacial score (nSPS) is 14.7. The van der Waals surface area contributed by atoms with Gasteiger partial charge in [-0.1, -0.05) is 11.6 Å². The molecule has 0 saturated heterocycles. The summed E-state index contributed by atoms with van der Waals surface area (Å²) in [5.74, 6) is 0.212. The number of aryl methyl sites for hydroxylation is 1. The first-order valence-corrected chi connectivity index (χ1v) is 6.25. The number of esters is 1. The molecule has 0 radical (unpaired) electrons. The van der Waals surface area contributed by atoms with Gasteiger partial charge in [-0.15, -0.1) is 0 Å². The number of carbonyl (C=O) groups excluding carboxylic acids is 1. The van der Waals surface area contributed by atoms with Crippen molar-refractivity contribution in [1.29, 1.82) is 0 Å². The molecule has 0 saturated carbocycles. The lowest BCUT2D eigenvalue weighted by Crippen LogP contribution is -2.23. The van der Waals surface area contributed by atoms with Crippen LogP contribution in [0.25, 0.3) is 0 Å². The van der Waals surface area contributed by atoms with Gasteiger partial charge >= 0.3 is 5.97 Å². The van der Waals surface area contributed by atoms with E-state index in [1.54, 1.807) is 0 Å². The molecule has 0 aromatic carbocycles. The molecule has 2 rings (SSSR count). The van der Waals surface area contributed by atoms with Gasteiger partial charge in [-0.25, -0.2) is 14.8 Å². The molecule has 1 aromatic rings. The van der Waals surface area contributed by atoms with E-state index in [9.17, 15) is 4.79 Å². The van der Waals surface area contributed by atoms with Crippen molar-refractivity contribution in [2.75, 3.05) is 32.1 Å². The second kappa shape index (κ2) is 6.29. The molecule has 1 aliphatic heterocycles. The monoisotopic (exact) mass is 262 g/mol. The minimum Gasteiger partial charge on any atom is -0.463 e. The zero-order valence-electron chi connectivity index (χ0n) is 11.2. The molecule has 1 aromatic heterocycles. The van der Waals surface area contributed by atoms with Crippen LogP contribution in [0.15, 0.2) is 17.7 Å². The largest absolute Gasteiger partial charge is 0.463 e. The van der Waals surface area contributed by atoms with Crippen molar-refractivity contribution in [3.05, 3.63) is 29.2 Å². The van der Waals surface area contributed by atoms with Crippen LogP contribution in [0.5, 0.6) is 0 Å². The third kappa shape index (κ3) is 3.75. The molecule has 0 spiro atoms. The van der Waals surface area contributed by atoms with Crippen molar-refractivity contribution in [1.82, 2.24) is 15.3 Å². The molecule has 0 unspecified atom stereocenters. The fourth-order valence-electron chi connectivity index (χ4n) is 1.88. The molecule has 2 N–H and O–H groups in total. The predicted molar refractivity (Wildman–Crippen MR) is 72.2 cm³/mol. The molecule has 19 heavy (non-hydrogen) atoms. The summed E-state index contributed by atoms with van der Waals surface area (Å²) in [6, 6.07) is 1.81. The Labute approximate surface area is 112 Å². The number of methoxy groups -OCH3 is 1. The molecule has 0 amide bonds. The predicted octanol–water partition coefficient (Wildman–Crippen LogP) is 0.903. The maximum absolute atomic E-state index is 11.4. The highest BCUT2D eigenvalue weighted by Gasteiger charge is 2.11. The summed E-state index contributed by atoms with van der Waals surface area (Å²) in [7, 11) is 1.32. The van der Waals surface area contributed by atoms with Crippen molar-refractivity contribution in [2.24, 2.45) is 0 Å². The van der Waals surface area contributed by atoms with Crippen molar-refractivity contribution < 1.29 is 9.53 Å². The van der Waals surface area contributed by atoms with Gasteiger partial charge in [0.25, 0.3) is 0 Å². The van der Waals surface area contributed by atoms with Gasteiger partial charge in [-0.3, -0.25) is 0 Å². The number of carbonyl (C=O) groups is 1.